The Kier molecular flexibility index (Phi) is 4.17. The zero-order valence-electron chi connectivity index (χ0n) is 10.3. The van der Waals surface area contributed by atoms with Gasteiger partial charge in [-0.15, -0.1) is 0 Å². The highest BCUT2D eigenvalue weighted by Gasteiger charge is 2.33. The van der Waals surface area contributed by atoms with E-state index in [9.17, 15) is 17.2 Å². The van der Waals surface area contributed by atoms with Crippen LogP contribution in [0.2, 0.25) is 0 Å². The lowest BCUT2D eigenvalue weighted by molar-refractivity contribution is 0.380. The van der Waals surface area contributed by atoms with Gasteiger partial charge in [-0.25, -0.2) is 17.2 Å². The molecule has 1 aliphatic rings. The average Bonchev–Trinajstić information content (AvgIpc) is 2.69. The van der Waals surface area contributed by atoms with Gasteiger partial charge in [0.2, 0.25) is 0 Å². The Bertz CT molecular complexity index is 563. The van der Waals surface area contributed by atoms with Crippen molar-refractivity contribution in [3.8, 4) is 0 Å². The SMILES string of the molecule is NNC(Cc1ccc(F)cc1F)C1CCS(=O)(=O)C1. The predicted molar refractivity (Wildman–Crippen MR) is 67.9 cm³/mol. The lowest BCUT2D eigenvalue weighted by Gasteiger charge is -2.21. The molecule has 19 heavy (non-hydrogen) atoms. The monoisotopic (exact) mass is 290 g/mol. The molecule has 0 amide bonds. The first-order valence-corrected chi connectivity index (χ1v) is 7.84. The van der Waals surface area contributed by atoms with Crippen molar-refractivity contribution < 1.29 is 17.2 Å². The summed E-state index contributed by atoms with van der Waals surface area (Å²) in [5, 5.41) is 0. The first-order chi connectivity index (χ1) is 8.91. The molecule has 2 atom stereocenters. The molecule has 0 spiro atoms. The summed E-state index contributed by atoms with van der Waals surface area (Å²) in [4.78, 5) is 0. The van der Waals surface area contributed by atoms with Gasteiger partial charge in [-0.05, 0) is 30.4 Å². The standard InChI is InChI=1S/C12H16F2N2O2S/c13-10-2-1-8(11(14)6-10)5-12(16-15)9-3-4-19(17,18)7-9/h1-2,6,9,12,16H,3-5,7,15H2. The maximum absolute atomic E-state index is 13.6. The minimum atomic E-state index is -3.01. The molecule has 1 fully saturated rings. The van der Waals surface area contributed by atoms with Crippen LogP contribution in [-0.2, 0) is 16.3 Å². The number of sulfone groups is 1. The number of hydrogen-bond donors (Lipinski definition) is 2. The number of nitrogens with one attached hydrogen (secondary N) is 1. The normalized spacial score (nSPS) is 23.4. The minimum Gasteiger partial charge on any atom is -0.271 e. The van der Waals surface area contributed by atoms with Crippen LogP contribution in [0.15, 0.2) is 18.2 Å². The molecule has 0 radical (unpaired) electrons. The first-order valence-electron chi connectivity index (χ1n) is 6.02. The van der Waals surface area contributed by atoms with Crippen LogP contribution in [0.5, 0.6) is 0 Å². The fraction of sp³-hybridized carbons (Fsp3) is 0.500. The third kappa shape index (κ3) is 3.49. The van der Waals surface area contributed by atoms with Crippen LogP contribution in [0, 0.1) is 17.6 Å². The molecule has 0 bridgehead atoms. The van der Waals surface area contributed by atoms with Crippen molar-refractivity contribution in [2.75, 3.05) is 11.5 Å². The van der Waals surface area contributed by atoms with Gasteiger partial charge in [0.1, 0.15) is 11.6 Å². The molecule has 1 aromatic carbocycles. The van der Waals surface area contributed by atoms with Crippen LogP contribution >= 0.6 is 0 Å². The number of hydrazine groups is 1. The zero-order valence-corrected chi connectivity index (χ0v) is 11.1. The Balaban J connectivity index is 2.11. The molecule has 2 unspecified atom stereocenters. The van der Waals surface area contributed by atoms with E-state index in [-0.39, 0.29) is 29.9 Å². The minimum absolute atomic E-state index is 0.0602. The predicted octanol–water partition coefficient (Wildman–Crippen LogP) is 0.774. The molecule has 0 saturated carbocycles. The number of nitrogens with two attached hydrogens (primary N) is 1. The molecular weight excluding hydrogens is 274 g/mol. The molecule has 106 valence electrons. The molecule has 1 aliphatic heterocycles. The summed E-state index contributed by atoms with van der Waals surface area (Å²) in [6.07, 6.45) is 0.753. The highest BCUT2D eigenvalue weighted by atomic mass is 32.2. The third-order valence-corrected chi connectivity index (χ3v) is 5.30. The Hall–Kier alpha value is -1.05. The van der Waals surface area contributed by atoms with Gasteiger partial charge in [0, 0.05) is 12.1 Å². The smallest absolute Gasteiger partial charge is 0.150 e. The van der Waals surface area contributed by atoms with Crippen LogP contribution in [0.3, 0.4) is 0 Å². The molecule has 1 heterocycles. The lowest BCUT2D eigenvalue weighted by Crippen LogP contribution is -2.43. The molecule has 0 aliphatic carbocycles. The summed E-state index contributed by atoms with van der Waals surface area (Å²) in [6, 6.07) is 3.02. The Labute approximate surface area is 110 Å². The summed E-state index contributed by atoms with van der Waals surface area (Å²) in [7, 11) is -3.01. The summed E-state index contributed by atoms with van der Waals surface area (Å²) in [5.41, 5.74) is 2.87. The van der Waals surface area contributed by atoms with E-state index in [1.54, 1.807) is 0 Å². The Morgan fingerprint density at radius 1 is 1.42 bits per heavy atom. The van der Waals surface area contributed by atoms with E-state index in [1.807, 2.05) is 0 Å². The summed E-state index contributed by atoms with van der Waals surface area (Å²) < 4.78 is 49.2. The molecule has 3 N–H and O–H groups in total. The Morgan fingerprint density at radius 3 is 2.68 bits per heavy atom. The van der Waals surface area contributed by atoms with E-state index in [1.165, 1.54) is 12.1 Å². The van der Waals surface area contributed by atoms with Crippen molar-refractivity contribution in [1.29, 1.82) is 0 Å². The number of halogens is 2. The van der Waals surface area contributed by atoms with Crippen molar-refractivity contribution in [3.63, 3.8) is 0 Å². The molecule has 4 nitrogen and oxygen atoms in total. The second kappa shape index (κ2) is 5.52. The second-order valence-electron chi connectivity index (χ2n) is 4.88. The van der Waals surface area contributed by atoms with E-state index >= 15 is 0 Å². The molecule has 2 rings (SSSR count). The van der Waals surface area contributed by atoms with E-state index in [2.05, 4.69) is 5.43 Å². The highest BCUT2D eigenvalue weighted by Crippen LogP contribution is 2.24. The fourth-order valence-corrected chi connectivity index (χ4v) is 4.31. The van der Waals surface area contributed by atoms with Gasteiger partial charge in [0.15, 0.2) is 9.84 Å². The van der Waals surface area contributed by atoms with Crippen LogP contribution in [0.1, 0.15) is 12.0 Å². The van der Waals surface area contributed by atoms with Gasteiger partial charge in [0.25, 0.3) is 0 Å². The van der Waals surface area contributed by atoms with E-state index in [0.717, 1.165) is 6.07 Å². The van der Waals surface area contributed by atoms with Gasteiger partial charge in [-0.2, -0.15) is 0 Å². The fourth-order valence-electron chi connectivity index (χ4n) is 2.43. The molecule has 7 heteroatoms. The molecule has 1 aromatic rings. The second-order valence-corrected chi connectivity index (χ2v) is 7.10. The number of benzene rings is 1. The largest absolute Gasteiger partial charge is 0.271 e. The lowest BCUT2D eigenvalue weighted by atomic mass is 9.93. The van der Waals surface area contributed by atoms with Gasteiger partial charge >= 0.3 is 0 Å². The van der Waals surface area contributed by atoms with Gasteiger partial charge in [-0.1, -0.05) is 6.07 Å². The van der Waals surface area contributed by atoms with Crippen LogP contribution in [0.4, 0.5) is 8.78 Å². The van der Waals surface area contributed by atoms with Crippen LogP contribution < -0.4 is 11.3 Å². The van der Waals surface area contributed by atoms with Crippen molar-refractivity contribution in [3.05, 3.63) is 35.4 Å². The number of hydrogen-bond acceptors (Lipinski definition) is 4. The maximum Gasteiger partial charge on any atom is 0.150 e. The summed E-state index contributed by atoms with van der Waals surface area (Å²) in [6.45, 7) is 0. The van der Waals surface area contributed by atoms with Crippen LogP contribution in [-0.4, -0.2) is 26.0 Å². The molecular formula is C12H16F2N2O2S. The van der Waals surface area contributed by atoms with E-state index in [4.69, 9.17) is 5.84 Å². The zero-order chi connectivity index (χ0) is 14.0. The quantitative estimate of drug-likeness (QED) is 0.635. The molecule has 0 aromatic heterocycles. The van der Waals surface area contributed by atoms with Gasteiger partial charge in [0.05, 0.1) is 11.5 Å². The highest BCUT2D eigenvalue weighted by molar-refractivity contribution is 7.91. The topological polar surface area (TPSA) is 72.2 Å². The van der Waals surface area contributed by atoms with Crippen molar-refractivity contribution in [1.82, 2.24) is 5.43 Å². The van der Waals surface area contributed by atoms with E-state index in [0.29, 0.717) is 12.0 Å². The van der Waals surface area contributed by atoms with Crippen molar-refractivity contribution in [2.24, 2.45) is 11.8 Å². The summed E-state index contributed by atoms with van der Waals surface area (Å²) >= 11 is 0. The van der Waals surface area contributed by atoms with E-state index < -0.39 is 21.5 Å². The average molecular weight is 290 g/mol. The summed E-state index contributed by atoms with van der Waals surface area (Å²) in [5.74, 6) is 4.21. The van der Waals surface area contributed by atoms with Gasteiger partial charge in [-0.3, -0.25) is 11.3 Å². The van der Waals surface area contributed by atoms with Crippen molar-refractivity contribution in [2.45, 2.75) is 18.9 Å². The van der Waals surface area contributed by atoms with Crippen LogP contribution in [0.25, 0.3) is 0 Å². The Morgan fingerprint density at radius 2 is 2.16 bits per heavy atom. The number of rotatable bonds is 4. The van der Waals surface area contributed by atoms with Gasteiger partial charge < -0.3 is 0 Å². The van der Waals surface area contributed by atoms with Crippen molar-refractivity contribution >= 4 is 9.84 Å². The first kappa shape index (κ1) is 14.4. The molecule has 1 saturated heterocycles. The maximum atomic E-state index is 13.6. The third-order valence-electron chi connectivity index (χ3n) is 3.51.